The molecule has 2 aromatic heterocycles. The van der Waals surface area contributed by atoms with Crippen LogP contribution in [0.2, 0.25) is 0 Å². The van der Waals surface area contributed by atoms with E-state index in [0.29, 0.717) is 17.2 Å². The zero-order chi connectivity index (χ0) is 16.4. The molecule has 3 aromatic rings. The van der Waals surface area contributed by atoms with E-state index in [2.05, 4.69) is 15.5 Å². The fraction of sp³-hybridized carbons (Fsp3) is 0.188. The summed E-state index contributed by atoms with van der Waals surface area (Å²) in [4.78, 5) is 13.2. The summed E-state index contributed by atoms with van der Waals surface area (Å²) in [7, 11) is 0. The molecular formula is C16H15N3O3S. The van der Waals surface area contributed by atoms with Gasteiger partial charge >= 0.3 is 6.01 Å². The van der Waals surface area contributed by atoms with Crippen LogP contribution in [0.25, 0.3) is 11.5 Å². The lowest BCUT2D eigenvalue weighted by Crippen LogP contribution is -2.12. The number of nitrogens with zero attached hydrogens (tertiary/aromatic N) is 2. The molecule has 1 N–H and O–H groups in total. The number of amides is 1. The van der Waals surface area contributed by atoms with Crippen molar-refractivity contribution in [3.05, 3.63) is 47.4 Å². The van der Waals surface area contributed by atoms with E-state index >= 15 is 0 Å². The van der Waals surface area contributed by atoms with Gasteiger partial charge in [0.1, 0.15) is 11.5 Å². The molecule has 0 aliphatic heterocycles. The Morgan fingerprint density at radius 2 is 2.00 bits per heavy atom. The molecule has 7 heteroatoms. The van der Waals surface area contributed by atoms with Gasteiger partial charge in [0.05, 0.1) is 5.56 Å². The average Bonchev–Trinajstić information content (AvgIpc) is 3.13. The Hall–Kier alpha value is -2.54. The number of furan rings is 1. The molecule has 1 aromatic carbocycles. The minimum Gasteiger partial charge on any atom is -0.466 e. The second kappa shape index (κ2) is 6.29. The number of hydrogen-bond acceptors (Lipinski definition) is 6. The van der Waals surface area contributed by atoms with E-state index in [1.807, 2.05) is 38.3 Å². The summed E-state index contributed by atoms with van der Waals surface area (Å²) in [6.45, 7) is 3.66. The van der Waals surface area contributed by atoms with Crippen molar-refractivity contribution < 1.29 is 13.6 Å². The van der Waals surface area contributed by atoms with Gasteiger partial charge in [-0.1, -0.05) is 11.2 Å². The van der Waals surface area contributed by atoms with E-state index in [1.54, 1.807) is 23.9 Å². The first kappa shape index (κ1) is 15.4. The van der Waals surface area contributed by atoms with Gasteiger partial charge < -0.3 is 8.83 Å². The summed E-state index contributed by atoms with van der Waals surface area (Å²) in [5, 5.41) is 10.4. The first-order chi connectivity index (χ1) is 11.1. The lowest BCUT2D eigenvalue weighted by atomic mass is 10.2. The van der Waals surface area contributed by atoms with Crippen molar-refractivity contribution in [2.24, 2.45) is 0 Å². The fourth-order valence-electron chi connectivity index (χ4n) is 2.16. The highest BCUT2D eigenvalue weighted by molar-refractivity contribution is 7.98. The van der Waals surface area contributed by atoms with E-state index in [-0.39, 0.29) is 11.9 Å². The fourth-order valence-corrected chi connectivity index (χ4v) is 2.62. The Bertz CT molecular complexity index is 854. The normalized spacial score (nSPS) is 10.7. The molecule has 0 saturated heterocycles. The van der Waals surface area contributed by atoms with Crippen LogP contribution in [-0.4, -0.2) is 22.4 Å². The number of aryl methyl sites for hydroxylation is 2. The largest absolute Gasteiger partial charge is 0.466 e. The van der Waals surface area contributed by atoms with Crippen LogP contribution >= 0.6 is 11.8 Å². The predicted molar refractivity (Wildman–Crippen MR) is 87.7 cm³/mol. The minimum absolute atomic E-state index is 0.0535. The highest BCUT2D eigenvalue weighted by atomic mass is 32.2. The van der Waals surface area contributed by atoms with Crippen LogP contribution in [0.4, 0.5) is 6.01 Å². The van der Waals surface area contributed by atoms with Crippen LogP contribution in [0, 0.1) is 13.8 Å². The molecule has 6 nitrogen and oxygen atoms in total. The van der Waals surface area contributed by atoms with E-state index < -0.39 is 0 Å². The number of benzene rings is 1. The summed E-state index contributed by atoms with van der Waals surface area (Å²) in [5.41, 5.74) is 1.26. The molecule has 0 fully saturated rings. The topological polar surface area (TPSA) is 81.2 Å². The van der Waals surface area contributed by atoms with Gasteiger partial charge in [-0.3, -0.25) is 10.1 Å². The molecular weight excluding hydrogens is 314 g/mol. The summed E-state index contributed by atoms with van der Waals surface area (Å²) >= 11 is 1.57. The quantitative estimate of drug-likeness (QED) is 0.731. The second-order valence-corrected chi connectivity index (χ2v) is 5.81. The molecule has 118 valence electrons. The maximum atomic E-state index is 12.2. The first-order valence-corrected chi connectivity index (χ1v) is 8.15. The van der Waals surface area contributed by atoms with Crippen molar-refractivity contribution in [2.45, 2.75) is 18.7 Å². The maximum absolute atomic E-state index is 12.2. The monoisotopic (exact) mass is 329 g/mol. The summed E-state index contributed by atoms with van der Waals surface area (Å²) in [6.07, 6.45) is 1.95. The molecule has 0 bridgehead atoms. The van der Waals surface area contributed by atoms with Crippen molar-refractivity contribution in [3.63, 3.8) is 0 Å². The molecule has 0 saturated carbocycles. The lowest BCUT2D eigenvalue weighted by Gasteiger charge is -2.02. The smallest absolute Gasteiger partial charge is 0.322 e. The summed E-state index contributed by atoms with van der Waals surface area (Å²) in [6, 6.07) is 9.18. The van der Waals surface area contributed by atoms with Crippen LogP contribution in [0.1, 0.15) is 21.9 Å². The van der Waals surface area contributed by atoms with Crippen molar-refractivity contribution in [1.29, 1.82) is 0 Å². The van der Waals surface area contributed by atoms with E-state index in [0.717, 1.165) is 16.2 Å². The second-order valence-electron chi connectivity index (χ2n) is 4.93. The molecule has 0 atom stereocenters. The number of nitrogens with one attached hydrogen (secondary N) is 1. The van der Waals surface area contributed by atoms with Gasteiger partial charge in [0.2, 0.25) is 0 Å². The van der Waals surface area contributed by atoms with E-state index in [1.165, 1.54) is 0 Å². The average molecular weight is 329 g/mol. The standard InChI is InChI=1S/C16H15N3O3S/c1-9-7-13(10(2)21-9)15-18-19-16(22-15)17-14(20)11-5-4-6-12(8-11)23-3/h4-8H,1-3H3,(H,17,19,20). The Kier molecular flexibility index (Phi) is 4.20. The van der Waals surface area contributed by atoms with Gasteiger partial charge in [-0.05, 0) is 44.4 Å². The van der Waals surface area contributed by atoms with E-state index in [4.69, 9.17) is 8.83 Å². The predicted octanol–water partition coefficient (Wildman–Crippen LogP) is 3.92. The Labute approximate surface area is 137 Å². The van der Waals surface area contributed by atoms with Gasteiger partial charge in [0.25, 0.3) is 11.8 Å². The third kappa shape index (κ3) is 3.29. The number of hydrogen-bond donors (Lipinski definition) is 1. The minimum atomic E-state index is -0.295. The Balaban J connectivity index is 1.78. The Morgan fingerprint density at radius 1 is 1.17 bits per heavy atom. The van der Waals surface area contributed by atoms with Gasteiger partial charge in [0.15, 0.2) is 0 Å². The molecule has 1 amide bonds. The van der Waals surface area contributed by atoms with Gasteiger partial charge in [-0.2, -0.15) is 0 Å². The van der Waals surface area contributed by atoms with Crippen molar-refractivity contribution in [3.8, 4) is 11.5 Å². The summed E-state index contributed by atoms with van der Waals surface area (Å²) in [5.74, 6) is 1.47. The molecule has 2 heterocycles. The summed E-state index contributed by atoms with van der Waals surface area (Å²) < 4.78 is 10.9. The number of thioether (sulfide) groups is 1. The lowest BCUT2D eigenvalue weighted by molar-refractivity contribution is 0.102. The van der Waals surface area contributed by atoms with Crippen LogP contribution in [0.5, 0.6) is 0 Å². The molecule has 0 spiro atoms. The molecule has 3 rings (SSSR count). The number of anilines is 1. The van der Waals surface area contributed by atoms with Gasteiger partial charge in [-0.15, -0.1) is 16.9 Å². The van der Waals surface area contributed by atoms with Crippen LogP contribution < -0.4 is 5.32 Å². The number of aromatic nitrogens is 2. The third-order valence-corrected chi connectivity index (χ3v) is 3.97. The SMILES string of the molecule is CSc1cccc(C(=O)Nc2nnc(-c3cc(C)oc3C)o2)c1. The van der Waals surface area contributed by atoms with Crippen molar-refractivity contribution in [1.82, 2.24) is 10.2 Å². The zero-order valence-electron chi connectivity index (χ0n) is 12.9. The first-order valence-electron chi connectivity index (χ1n) is 6.93. The van der Waals surface area contributed by atoms with Crippen LogP contribution in [0.3, 0.4) is 0 Å². The maximum Gasteiger partial charge on any atom is 0.322 e. The number of carbonyl (C=O) groups excluding carboxylic acids is 1. The Morgan fingerprint density at radius 3 is 2.70 bits per heavy atom. The van der Waals surface area contributed by atoms with Gasteiger partial charge in [-0.25, -0.2) is 0 Å². The van der Waals surface area contributed by atoms with Gasteiger partial charge in [0, 0.05) is 10.5 Å². The molecule has 0 aliphatic carbocycles. The zero-order valence-corrected chi connectivity index (χ0v) is 13.7. The molecule has 0 aliphatic rings. The molecule has 0 radical (unpaired) electrons. The molecule has 0 unspecified atom stereocenters. The van der Waals surface area contributed by atoms with Crippen molar-refractivity contribution in [2.75, 3.05) is 11.6 Å². The van der Waals surface area contributed by atoms with Crippen molar-refractivity contribution >= 4 is 23.7 Å². The molecule has 23 heavy (non-hydrogen) atoms. The number of rotatable bonds is 4. The third-order valence-electron chi connectivity index (χ3n) is 3.25. The number of carbonyl (C=O) groups is 1. The van der Waals surface area contributed by atoms with Crippen LogP contribution in [0.15, 0.2) is 44.1 Å². The van der Waals surface area contributed by atoms with Crippen LogP contribution in [-0.2, 0) is 0 Å². The van der Waals surface area contributed by atoms with E-state index in [9.17, 15) is 4.79 Å². The highest BCUT2D eigenvalue weighted by Gasteiger charge is 2.16. The highest BCUT2D eigenvalue weighted by Crippen LogP contribution is 2.26.